The summed E-state index contributed by atoms with van der Waals surface area (Å²) in [6.07, 6.45) is 0. The zero-order valence-corrected chi connectivity index (χ0v) is 21.1. The topological polar surface area (TPSA) is 97.8 Å². The zero-order chi connectivity index (χ0) is 25.8. The predicted octanol–water partition coefficient (Wildman–Crippen LogP) is 3.24. The van der Waals surface area contributed by atoms with Crippen molar-refractivity contribution in [1.82, 2.24) is 9.80 Å². The minimum Gasteiger partial charge on any atom is -0.507 e. The second-order valence-electron chi connectivity index (χ2n) is 8.49. The Hall–Kier alpha value is -3.72. The molecule has 2 aliphatic rings. The molecule has 192 valence electrons. The summed E-state index contributed by atoms with van der Waals surface area (Å²) in [5.74, 6) is 0.368. The van der Waals surface area contributed by atoms with Crippen LogP contribution in [0.5, 0.6) is 23.0 Å². The third-order valence-corrected chi connectivity index (χ3v) is 6.63. The highest BCUT2D eigenvalue weighted by atomic mass is 16.6. The SMILES string of the molecule is CCN(CC)CCN1C(=O)C(=O)/C(=C(/O)c2ccc3c(c2)OCCO3)C1c1ccc(OC)c(OC)c1. The number of ether oxygens (including phenoxy) is 4. The molecule has 1 fully saturated rings. The van der Waals surface area contributed by atoms with Crippen LogP contribution in [0.1, 0.15) is 31.0 Å². The fourth-order valence-corrected chi connectivity index (χ4v) is 4.62. The van der Waals surface area contributed by atoms with Crippen LogP contribution in [0, 0.1) is 0 Å². The van der Waals surface area contributed by atoms with Crippen LogP contribution in [0.25, 0.3) is 5.76 Å². The van der Waals surface area contributed by atoms with E-state index in [1.165, 1.54) is 19.1 Å². The molecule has 0 bridgehead atoms. The molecule has 2 aliphatic heterocycles. The van der Waals surface area contributed by atoms with Gasteiger partial charge in [0.25, 0.3) is 11.7 Å². The first-order valence-electron chi connectivity index (χ1n) is 12.1. The van der Waals surface area contributed by atoms with Crippen LogP contribution in [-0.4, -0.2) is 80.2 Å². The number of nitrogens with zero attached hydrogens (tertiary/aromatic N) is 2. The number of aliphatic hydroxyl groups excluding tert-OH is 1. The molecular weight excluding hydrogens is 464 g/mol. The van der Waals surface area contributed by atoms with Gasteiger partial charge in [0.2, 0.25) is 0 Å². The predicted molar refractivity (Wildman–Crippen MR) is 134 cm³/mol. The summed E-state index contributed by atoms with van der Waals surface area (Å²) in [4.78, 5) is 30.3. The van der Waals surface area contributed by atoms with E-state index in [-0.39, 0.29) is 11.3 Å². The molecule has 1 amide bonds. The van der Waals surface area contributed by atoms with Gasteiger partial charge in [-0.25, -0.2) is 0 Å². The van der Waals surface area contributed by atoms with Gasteiger partial charge in [-0.1, -0.05) is 19.9 Å². The number of rotatable bonds is 9. The standard InChI is InChI=1S/C27H32N2O7/c1-5-28(6-2)11-12-29-24(17-7-9-19(33-3)21(15-17)34-4)23(26(31)27(29)32)25(30)18-8-10-20-22(16-18)36-14-13-35-20/h7-10,15-16,24,30H,5-6,11-14H2,1-4H3/b25-23+. The Morgan fingerprint density at radius 3 is 2.36 bits per heavy atom. The summed E-state index contributed by atoms with van der Waals surface area (Å²) in [6, 6.07) is 9.40. The van der Waals surface area contributed by atoms with Crippen molar-refractivity contribution >= 4 is 17.4 Å². The van der Waals surface area contributed by atoms with E-state index >= 15 is 0 Å². The number of likely N-dealkylation sites (N-methyl/N-ethyl adjacent to an activating group) is 1. The van der Waals surface area contributed by atoms with Gasteiger partial charge in [0.1, 0.15) is 19.0 Å². The van der Waals surface area contributed by atoms with Gasteiger partial charge in [-0.15, -0.1) is 0 Å². The van der Waals surface area contributed by atoms with Crippen LogP contribution in [-0.2, 0) is 9.59 Å². The van der Waals surface area contributed by atoms with Crippen molar-refractivity contribution in [1.29, 1.82) is 0 Å². The molecule has 1 N–H and O–H groups in total. The van der Waals surface area contributed by atoms with Gasteiger partial charge >= 0.3 is 0 Å². The maximum absolute atomic E-state index is 13.3. The third-order valence-electron chi connectivity index (χ3n) is 6.63. The molecule has 1 atom stereocenters. The zero-order valence-electron chi connectivity index (χ0n) is 21.1. The minimum atomic E-state index is -0.798. The number of hydrogen-bond acceptors (Lipinski definition) is 8. The Kier molecular flexibility index (Phi) is 7.69. The average Bonchev–Trinajstić information content (AvgIpc) is 3.17. The number of methoxy groups -OCH3 is 2. The highest BCUT2D eigenvalue weighted by Gasteiger charge is 2.46. The first-order valence-corrected chi connectivity index (χ1v) is 12.1. The molecule has 0 aromatic heterocycles. The molecule has 0 radical (unpaired) electrons. The molecule has 2 heterocycles. The Labute approximate surface area is 210 Å². The molecule has 1 unspecified atom stereocenters. The molecule has 36 heavy (non-hydrogen) atoms. The summed E-state index contributed by atoms with van der Waals surface area (Å²) in [5, 5.41) is 11.4. The Morgan fingerprint density at radius 1 is 1.00 bits per heavy atom. The van der Waals surface area contributed by atoms with Crippen molar-refractivity contribution in [3.8, 4) is 23.0 Å². The van der Waals surface area contributed by atoms with Crippen LogP contribution in [0.4, 0.5) is 0 Å². The molecule has 9 nitrogen and oxygen atoms in total. The number of ketones is 1. The fraction of sp³-hybridized carbons (Fsp3) is 0.407. The van der Waals surface area contributed by atoms with E-state index in [1.807, 2.05) is 13.8 Å². The van der Waals surface area contributed by atoms with Crippen molar-refractivity contribution in [2.75, 3.05) is 53.6 Å². The number of Topliss-reactive ketones (excluding diaryl/α,β-unsaturated/α-hetero) is 1. The van der Waals surface area contributed by atoms with Gasteiger partial charge in [-0.05, 0) is 49.0 Å². The molecule has 2 aromatic rings. The lowest BCUT2D eigenvalue weighted by molar-refractivity contribution is -0.140. The average molecular weight is 497 g/mol. The Morgan fingerprint density at radius 2 is 1.69 bits per heavy atom. The van der Waals surface area contributed by atoms with Crippen molar-refractivity contribution < 1.29 is 33.6 Å². The van der Waals surface area contributed by atoms with Gasteiger partial charge in [0.15, 0.2) is 23.0 Å². The fourth-order valence-electron chi connectivity index (χ4n) is 4.62. The van der Waals surface area contributed by atoms with E-state index in [0.717, 1.165) is 13.1 Å². The molecule has 4 rings (SSSR count). The van der Waals surface area contributed by atoms with E-state index in [1.54, 1.807) is 36.4 Å². The first-order chi connectivity index (χ1) is 17.4. The van der Waals surface area contributed by atoms with Gasteiger partial charge < -0.3 is 33.9 Å². The molecule has 9 heteroatoms. The number of likely N-dealkylation sites (tertiary alicyclic amines) is 1. The van der Waals surface area contributed by atoms with Crippen LogP contribution in [0.15, 0.2) is 42.0 Å². The molecule has 0 aliphatic carbocycles. The number of benzene rings is 2. The Bertz CT molecular complexity index is 1170. The van der Waals surface area contributed by atoms with Crippen LogP contribution in [0.2, 0.25) is 0 Å². The van der Waals surface area contributed by atoms with E-state index in [2.05, 4.69) is 4.90 Å². The lowest BCUT2D eigenvalue weighted by Gasteiger charge is -2.28. The number of fused-ring (bicyclic) bond motifs is 1. The van der Waals surface area contributed by atoms with Gasteiger partial charge in [-0.3, -0.25) is 9.59 Å². The number of carbonyl (C=O) groups is 2. The monoisotopic (exact) mass is 496 g/mol. The van der Waals surface area contributed by atoms with Crippen molar-refractivity contribution in [2.45, 2.75) is 19.9 Å². The summed E-state index contributed by atoms with van der Waals surface area (Å²) >= 11 is 0. The summed E-state index contributed by atoms with van der Waals surface area (Å²) < 4.78 is 22.0. The van der Waals surface area contributed by atoms with E-state index in [0.29, 0.717) is 60.4 Å². The maximum atomic E-state index is 13.3. The minimum absolute atomic E-state index is 0.0171. The third kappa shape index (κ3) is 4.70. The van der Waals surface area contributed by atoms with E-state index < -0.39 is 17.7 Å². The lowest BCUT2D eigenvalue weighted by Crippen LogP contribution is -2.38. The van der Waals surface area contributed by atoms with Gasteiger partial charge in [0, 0.05) is 18.7 Å². The highest BCUT2D eigenvalue weighted by molar-refractivity contribution is 6.46. The summed E-state index contributed by atoms with van der Waals surface area (Å²) in [5.41, 5.74) is 1.01. The lowest BCUT2D eigenvalue weighted by atomic mass is 9.94. The quantitative estimate of drug-likeness (QED) is 0.321. The molecule has 0 spiro atoms. The highest BCUT2D eigenvalue weighted by Crippen LogP contribution is 2.43. The van der Waals surface area contributed by atoms with Gasteiger partial charge in [-0.2, -0.15) is 0 Å². The molecular formula is C27H32N2O7. The number of aliphatic hydroxyl groups is 1. The van der Waals surface area contributed by atoms with Crippen molar-refractivity contribution in [3.05, 3.63) is 53.1 Å². The molecule has 1 saturated heterocycles. The second-order valence-corrected chi connectivity index (χ2v) is 8.49. The van der Waals surface area contributed by atoms with Crippen LogP contribution >= 0.6 is 0 Å². The van der Waals surface area contributed by atoms with Crippen LogP contribution < -0.4 is 18.9 Å². The van der Waals surface area contributed by atoms with Crippen LogP contribution in [0.3, 0.4) is 0 Å². The van der Waals surface area contributed by atoms with Crippen molar-refractivity contribution in [3.63, 3.8) is 0 Å². The number of carbonyl (C=O) groups excluding carboxylic acids is 2. The van der Waals surface area contributed by atoms with Gasteiger partial charge in [0.05, 0.1) is 25.8 Å². The number of hydrogen-bond donors (Lipinski definition) is 1. The summed E-state index contributed by atoms with van der Waals surface area (Å²) in [7, 11) is 3.06. The first kappa shape index (κ1) is 25.4. The Balaban J connectivity index is 1.82. The largest absolute Gasteiger partial charge is 0.507 e. The second kappa shape index (κ2) is 10.9. The van der Waals surface area contributed by atoms with E-state index in [9.17, 15) is 14.7 Å². The molecule has 0 saturated carbocycles. The smallest absolute Gasteiger partial charge is 0.295 e. The van der Waals surface area contributed by atoms with Crippen molar-refractivity contribution in [2.24, 2.45) is 0 Å². The normalized spacial score (nSPS) is 18.6. The summed E-state index contributed by atoms with van der Waals surface area (Å²) in [6.45, 7) is 7.47. The van der Waals surface area contributed by atoms with E-state index in [4.69, 9.17) is 18.9 Å². The number of amides is 1. The molecule has 2 aromatic carbocycles. The maximum Gasteiger partial charge on any atom is 0.295 e.